The maximum atomic E-state index is 12.7. The maximum Gasteiger partial charge on any atom is 0.323 e. The Bertz CT molecular complexity index is 494. The molecule has 0 amide bonds. The summed E-state index contributed by atoms with van der Waals surface area (Å²) in [6.45, 7) is 3.29. The number of nitrogens with zero attached hydrogens (tertiary/aromatic N) is 2. The van der Waals surface area contributed by atoms with E-state index in [-0.39, 0.29) is 17.5 Å². The molecule has 0 radical (unpaired) electrons. The summed E-state index contributed by atoms with van der Waals surface area (Å²) in [7, 11) is 0. The van der Waals surface area contributed by atoms with Crippen LogP contribution in [0.25, 0.3) is 0 Å². The molecule has 4 nitrogen and oxygen atoms in total. The largest absolute Gasteiger partial charge is 0.365 e. The number of nitriles is 1. The minimum atomic E-state index is -0.884. The van der Waals surface area contributed by atoms with Crippen molar-refractivity contribution >= 4 is 11.7 Å². The molecule has 17 heavy (non-hydrogen) atoms. The highest BCUT2D eigenvalue weighted by Crippen LogP contribution is 2.13. The first-order valence-electron chi connectivity index (χ1n) is 5.01. The molecule has 0 spiro atoms. The van der Waals surface area contributed by atoms with Crippen molar-refractivity contribution in [1.82, 2.24) is 0 Å². The van der Waals surface area contributed by atoms with Gasteiger partial charge in [-0.1, -0.05) is 0 Å². The highest BCUT2D eigenvalue weighted by atomic mass is 19.1. The van der Waals surface area contributed by atoms with Crippen LogP contribution >= 0.6 is 0 Å². The number of aliphatic imine (C=N–C) groups is 1. The van der Waals surface area contributed by atoms with Crippen molar-refractivity contribution in [2.24, 2.45) is 16.1 Å². The summed E-state index contributed by atoms with van der Waals surface area (Å²) in [6, 6.07) is 7.59. The van der Waals surface area contributed by atoms with Gasteiger partial charge in [0.2, 0.25) is 5.84 Å². The van der Waals surface area contributed by atoms with E-state index < -0.39 is 5.41 Å². The summed E-state index contributed by atoms with van der Waals surface area (Å²) in [4.78, 5) is 3.96. The van der Waals surface area contributed by atoms with Crippen molar-refractivity contribution in [2.75, 3.05) is 0 Å². The Labute approximate surface area is 99.1 Å². The second-order valence-electron chi connectivity index (χ2n) is 4.13. The van der Waals surface area contributed by atoms with Crippen molar-refractivity contribution < 1.29 is 9.80 Å². The molecular weight excluding hydrogens is 219 g/mol. The third-order valence-electron chi connectivity index (χ3n) is 2.30. The molecule has 1 rings (SSSR count). The number of nitrogens with two attached hydrogens (primary N) is 2. The number of rotatable bonds is 2. The number of hydrogen-bond donors (Lipinski definition) is 2. The second kappa shape index (κ2) is 4.74. The van der Waals surface area contributed by atoms with E-state index in [1.54, 1.807) is 13.8 Å². The van der Waals surface area contributed by atoms with Crippen LogP contribution in [0.1, 0.15) is 19.4 Å². The number of hydrogen-bond acceptors (Lipinski definition) is 1. The third-order valence-corrected chi connectivity index (χ3v) is 2.30. The van der Waals surface area contributed by atoms with Crippen LogP contribution in [0, 0.1) is 22.6 Å². The van der Waals surface area contributed by atoms with E-state index >= 15 is 0 Å². The van der Waals surface area contributed by atoms with Crippen molar-refractivity contribution in [2.45, 2.75) is 13.8 Å². The number of benzene rings is 1. The van der Waals surface area contributed by atoms with Crippen LogP contribution in [0.5, 0.6) is 0 Å². The van der Waals surface area contributed by atoms with Gasteiger partial charge in [0.05, 0.1) is 11.6 Å². The van der Waals surface area contributed by atoms with Gasteiger partial charge in [-0.25, -0.2) is 4.39 Å². The molecule has 0 fully saturated rings. The fourth-order valence-corrected chi connectivity index (χ4v) is 1.01. The zero-order chi connectivity index (χ0) is 13.1. The molecule has 0 bridgehead atoms. The van der Waals surface area contributed by atoms with Crippen LogP contribution in [0.2, 0.25) is 0 Å². The summed E-state index contributed by atoms with van der Waals surface area (Å²) < 4.78 is 12.7. The lowest BCUT2D eigenvalue weighted by Gasteiger charge is -2.08. The smallest absolute Gasteiger partial charge is 0.323 e. The lowest BCUT2D eigenvalue weighted by atomic mass is 9.94. The molecule has 0 saturated heterocycles. The van der Waals surface area contributed by atoms with Crippen molar-refractivity contribution in [3.8, 4) is 6.07 Å². The highest BCUT2D eigenvalue weighted by molar-refractivity contribution is 6.04. The molecule has 88 valence electrons. The van der Waals surface area contributed by atoms with Crippen LogP contribution in [0.3, 0.4) is 0 Å². The van der Waals surface area contributed by atoms with Gasteiger partial charge in [0.1, 0.15) is 11.2 Å². The Kier molecular flexibility index (Phi) is 3.59. The monoisotopic (exact) mass is 233 g/mol. The molecule has 0 saturated carbocycles. The number of amidine groups is 2. The Morgan fingerprint density at radius 3 is 2.41 bits per heavy atom. The number of halogens is 1. The van der Waals surface area contributed by atoms with Gasteiger partial charge in [0.25, 0.3) is 0 Å². The predicted molar refractivity (Wildman–Crippen MR) is 63.5 cm³/mol. The Balaban J connectivity index is 2.97. The lowest BCUT2D eigenvalue weighted by Crippen LogP contribution is -2.42. The van der Waals surface area contributed by atoms with Gasteiger partial charge in [0, 0.05) is 0 Å². The highest BCUT2D eigenvalue weighted by Gasteiger charge is 2.27. The van der Waals surface area contributed by atoms with Crippen LogP contribution in [-0.2, 0) is 0 Å². The van der Waals surface area contributed by atoms with Crippen molar-refractivity contribution in [3.63, 3.8) is 0 Å². The molecule has 0 unspecified atom stereocenters. The lowest BCUT2D eigenvalue weighted by molar-refractivity contribution is -0.114. The molecule has 4 N–H and O–H groups in total. The van der Waals surface area contributed by atoms with Crippen molar-refractivity contribution in [1.29, 1.82) is 5.26 Å². The van der Waals surface area contributed by atoms with E-state index in [1.807, 2.05) is 6.07 Å². The quantitative estimate of drug-likeness (QED) is 0.566. The van der Waals surface area contributed by atoms with Crippen LogP contribution < -0.4 is 11.1 Å². The first-order valence-corrected chi connectivity index (χ1v) is 5.01. The molecule has 0 atom stereocenters. The van der Waals surface area contributed by atoms with Crippen LogP contribution in [-0.4, -0.2) is 11.7 Å². The van der Waals surface area contributed by atoms with E-state index in [0.29, 0.717) is 5.56 Å². The average Bonchev–Trinajstić information content (AvgIpc) is 2.29. The Morgan fingerprint density at radius 1 is 1.41 bits per heavy atom. The zero-order valence-electron chi connectivity index (χ0n) is 9.74. The first-order chi connectivity index (χ1) is 7.86. The molecule has 0 aromatic heterocycles. The van der Waals surface area contributed by atoms with E-state index in [0.717, 1.165) is 0 Å². The molecule has 5 heteroatoms. The molecule has 0 aliphatic carbocycles. The first kappa shape index (κ1) is 12.8. The Morgan fingerprint density at radius 2 is 1.94 bits per heavy atom. The summed E-state index contributed by atoms with van der Waals surface area (Å²) >= 11 is 0. The van der Waals surface area contributed by atoms with Gasteiger partial charge in [-0.3, -0.25) is 5.41 Å². The van der Waals surface area contributed by atoms with Gasteiger partial charge < -0.3 is 5.73 Å². The SMILES string of the molecule is CC(C)(C#N)C(N)=NC(=[NH2+])c1ccc(F)cc1. The van der Waals surface area contributed by atoms with Gasteiger partial charge >= 0.3 is 5.84 Å². The third kappa shape index (κ3) is 3.11. The molecule has 0 heterocycles. The van der Waals surface area contributed by atoms with Crippen molar-refractivity contribution in [3.05, 3.63) is 35.6 Å². The normalized spacial score (nSPS) is 12.0. The molecule has 0 aliphatic rings. The van der Waals surface area contributed by atoms with Gasteiger partial charge in [-0.15, -0.1) is 0 Å². The summed E-state index contributed by atoms with van der Waals surface area (Å²) in [5.74, 6) is -0.0662. The van der Waals surface area contributed by atoms with Gasteiger partial charge in [0.15, 0.2) is 0 Å². The van der Waals surface area contributed by atoms with Crippen LogP contribution in [0.4, 0.5) is 4.39 Å². The summed E-state index contributed by atoms with van der Waals surface area (Å²) in [5, 5.41) is 14.6. The minimum absolute atomic E-state index is 0.127. The van der Waals surface area contributed by atoms with E-state index in [9.17, 15) is 4.39 Å². The van der Waals surface area contributed by atoms with Gasteiger partial charge in [-0.05, 0) is 43.1 Å². The predicted octanol–water partition coefficient (Wildman–Crippen LogP) is 0.238. The summed E-state index contributed by atoms with van der Waals surface area (Å²) in [6.07, 6.45) is 0. The minimum Gasteiger partial charge on any atom is -0.365 e. The average molecular weight is 233 g/mol. The molecule has 1 aromatic carbocycles. The second-order valence-corrected chi connectivity index (χ2v) is 4.13. The van der Waals surface area contributed by atoms with E-state index in [1.165, 1.54) is 24.3 Å². The topological polar surface area (TPSA) is 87.8 Å². The van der Waals surface area contributed by atoms with Gasteiger partial charge in [-0.2, -0.15) is 5.26 Å². The van der Waals surface area contributed by atoms with E-state index in [4.69, 9.17) is 16.4 Å². The molecule has 1 aromatic rings. The fourth-order valence-electron chi connectivity index (χ4n) is 1.01. The van der Waals surface area contributed by atoms with E-state index in [2.05, 4.69) is 4.99 Å². The Hall–Kier alpha value is -2.22. The standard InChI is InChI=1S/C12H13FN4/c1-12(2,7-14)11(16)17-10(15)8-3-5-9(13)6-4-8/h3-6H,1-2H3,(H3,15,16,17)/p+1. The maximum absolute atomic E-state index is 12.7. The molecule has 0 aliphatic heterocycles. The zero-order valence-corrected chi connectivity index (χ0v) is 9.74. The van der Waals surface area contributed by atoms with Crippen LogP contribution in [0.15, 0.2) is 29.3 Å². The summed E-state index contributed by atoms with van der Waals surface area (Å²) in [5.41, 5.74) is 5.36. The molecular formula is C12H14FN4+. The fraction of sp³-hybridized carbons (Fsp3) is 0.250.